The van der Waals surface area contributed by atoms with Crippen molar-refractivity contribution < 1.29 is 0 Å². The van der Waals surface area contributed by atoms with E-state index < -0.39 is 0 Å². The molecule has 1 saturated carbocycles. The second-order valence-electron chi connectivity index (χ2n) is 6.71. The smallest absolute Gasteiger partial charge is 0.000771 e. The van der Waals surface area contributed by atoms with Gasteiger partial charge in [-0.1, -0.05) is 71.6 Å². The monoisotopic (exact) mass is 267 g/mol. The van der Waals surface area contributed by atoms with Crippen LogP contribution in [0.4, 0.5) is 0 Å². The van der Waals surface area contributed by atoms with Gasteiger partial charge in [-0.2, -0.15) is 0 Å². The summed E-state index contributed by atoms with van der Waals surface area (Å²) in [5, 5.41) is 3.66. The minimum absolute atomic E-state index is 0.721. The summed E-state index contributed by atoms with van der Waals surface area (Å²) in [5.41, 5.74) is 0.721. The van der Waals surface area contributed by atoms with Gasteiger partial charge in [-0.25, -0.2) is 0 Å². The minimum atomic E-state index is 0.721. The second-order valence-corrected chi connectivity index (χ2v) is 6.71. The first-order valence-corrected chi connectivity index (χ1v) is 9.04. The molecule has 1 aliphatic rings. The SMILES string of the molecule is CCCCCCCCCCCCNCC1(CC)CC1. The molecule has 1 nitrogen and oxygen atoms in total. The molecule has 0 spiro atoms. The van der Waals surface area contributed by atoms with Gasteiger partial charge >= 0.3 is 0 Å². The Morgan fingerprint density at radius 1 is 0.737 bits per heavy atom. The van der Waals surface area contributed by atoms with Gasteiger partial charge in [-0.15, -0.1) is 0 Å². The molecule has 0 atom stereocenters. The molecule has 0 heterocycles. The van der Waals surface area contributed by atoms with Gasteiger partial charge in [0.25, 0.3) is 0 Å². The second kappa shape index (κ2) is 10.7. The average molecular weight is 268 g/mol. The van der Waals surface area contributed by atoms with Gasteiger partial charge < -0.3 is 5.32 Å². The minimum Gasteiger partial charge on any atom is -0.316 e. The maximum Gasteiger partial charge on any atom is 0.000771 e. The maximum atomic E-state index is 3.66. The molecule has 0 saturated heterocycles. The zero-order chi connectivity index (χ0) is 13.8. The summed E-state index contributed by atoms with van der Waals surface area (Å²) in [5.74, 6) is 0. The third-order valence-corrected chi connectivity index (χ3v) is 4.91. The number of hydrogen-bond acceptors (Lipinski definition) is 1. The topological polar surface area (TPSA) is 12.0 Å². The lowest BCUT2D eigenvalue weighted by atomic mass is 10.0. The highest BCUT2D eigenvalue weighted by molar-refractivity contribution is 4.93. The maximum absolute atomic E-state index is 3.66. The third kappa shape index (κ3) is 8.68. The summed E-state index contributed by atoms with van der Waals surface area (Å²) in [7, 11) is 0. The van der Waals surface area contributed by atoms with Crippen molar-refractivity contribution in [1.82, 2.24) is 5.32 Å². The summed E-state index contributed by atoms with van der Waals surface area (Å²) in [6.07, 6.45) is 18.7. The molecule has 0 aliphatic heterocycles. The van der Waals surface area contributed by atoms with Crippen LogP contribution in [0.25, 0.3) is 0 Å². The molecule has 0 aromatic carbocycles. The van der Waals surface area contributed by atoms with E-state index in [1.54, 1.807) is 0 Å². The van der Waals surface area contributed by atoms with Crippen LogP contribution in [0.5, 0.6) is 0 Å². The molecule has 1 aliphatic carbocycles. The lowest BCUT2D eigenvalue weighted by Crippen LogP contribution is -2.24. The highest BCUT2D eigenvalue weighted by Crippen LogP contribution is 2.47. The van der Waals surface area contributed by atoms with E-state index in [0.717, 1.165) is 5.41 Å². The van der Waals surface area contributed by atoms with Crippen molar-refractivity contribution in [2.24, 2.45) is 5.41 Å². The molecule has 0 radical (unpaired) electrons. The summed E-state index contributed by atoms with van der Waals surface area (Å²) < 4.78 is 0. The Balaban J connectivity index is 1.70. The summed E-state index contributed by atoms with van der Waals surface area (Å²) in [6, 6.07) is 0. The Kier molecular flexibility index (Phi) is 9.59. The largest absolute Gasteiger partial charge is 0.316 e. The molecule has 1 rings (SSSR count). The summed E-state index contributed by atoms with van der Waals surface area (Å²) >= 11 is 0. The first kappa shape index (κ1) is 17.0. The van der Waals surface area contributed by atoms with Crippen molar-refractivity contribution in [2.75, 3.05) is 13.1 Å². The van der Waals surface area contributed by atoms with Crippen LogP contribution >= 0.6 is 0 Å². The Hall–Kier alpha value is -0.0400. The van der Waals surface area contributed by atoms with Crippen LogP contribution in [-0.4, -0.2) is 13.1 Å². The molecule has 1 heteroatoms. The lowest BCUT2D eigenvalue weighted by molar-refractivity contribution is 0.437. The molecule has 19 heavy (non-hydrogen) atoms. The van der Waals surface area contributed by atoms with Crippen LogP contribution in [0, 0.1) is 5.41 Å². The summed E-state index contributed by atoms with van der Waals surface area (Å²) in [4.78, 5) is 0. The van der Waals surface area contributed by atoms with Crippen molar-refractivity contribution in [1.29, 1.82) is 0 Å². The van der Waals surface area contributed by atoms with E-state index in [0.29, 0.717) is 0 Å². The predicted octanol–water partition coefficient (Wildman–Crippen LogP) is 5.69. The molecule has 1 fully saturated rings. The Labute approximate surface area is 121 Å². The van der Waals surface area contributed by atoms with Gasteiger partial charge in [0.2, 0.25) is 0 Å². The fourth-order valence-corrected chi connectivity index (χ4v) is 2.92. The van der Waals surface area contributed by atoms with Gasteiger partial charge in [-0.05, 0) is 37.6 Å². The van der Waals surface area contributed by atoms with E-state index in [1.165, 1.54) is 96.6 Å². The summed E-state index contributed by atoms with van der Waals surface area (Å²) in [6.45, 7) is 7.16. The van der Waals surface area contributed by atoms with Gasteiger partial charge in [-0.3, -0.25) is 0 Å². The van der Waals surface area contributed by atoms with Crippen LogP contribution in [0.2, 0.25) is 0 Å². The van der Waals surface area contributed by atoms with Crippen molar-refractivity contribution in [3.05, 3.63) is 0 Å². The van der Waals surface area contributed by atoms with Crippen LogP contribution in [0.1, 0.15) is 97.3 Å². The zero-order valence-corrected chi connectivity index (χ0v) is 13.6. The average Bonchev–Trinajstić information content (AvgIpc) is 3.21. The highest BCUT2D eigenvalue weighted by Gasteiger charge is 2.39. The van der Waals surface area contributed by atoms with Gasteiger partial charge in [0.05, 0.1) is 0 Å². The number of rotatable bonds is 14. The predicted molar refractivity (Wildman–Crippen MR) is 86.7 cm³/mol. The van der Waals surface area contributed by atoms with Crippen LogP contribution in [-0.2, 0) is 0 Å². The van der Waals surface area contributed by atoms with E-state index in [1.807, 2.05) is 0 Å². The van der Waals surface area contributed by atoms with Crippen LogP contribution in [0.15, 0.2) is 0 Å². The van der Waals surface area contributed by atoms with Crippen molar-refractivity contribution in [3.8, 4) is 0 Å². The number of nitrogens with one attached hydrogen (secondary N) is 1. The Morgan fingerprint density at radius 3 is 1.74 bits per heavy atom. The molecule has 0 aromatic rings. The van der Waals surface area contributed by atoms with Crippen molar-refractivity contribution in [3.63, 3.8) is 0 Å². The number of unbranched alkanes of at least 4 members (excludes halogenated alkanes) is 9. The fourth-order valence-electron chi connectivity index (χ4n) is 2.92. The fraction of sp³-hybridized carbons (Fsp3) is 1.00. The van der Waals surface area contributed by atoms with Crippen molar-refractivity contribution in [2.45, 2.75) is 97.3 Å². The molecular weight excluding hydrogens is 230 g/mol. The first-order valence-electron chi connectivity index (χ1n) is 9.04. The zero-order valence-electron chi connectivity index (χ0n) is 13.6. The van der Waals surface area contributed by atoms with E-state index in [9.17, 15) is 0 Å². The standard InChI is InChI=1S/C18H37N/c1-3-5-6-7-8-9-10-11-12-13-16-19-17-18(4-2)14-15-18/h19H,3-17H2,1-2H3. The lowest BCUT2D eigenvalue weighted by Gasteiger charge is -2.13. The van der Waals surface area contributed by atoms with E-state index in [-0.39, 0.29) is 0 Å². The molecule has 0 bridgehead atoms. The quantitative estimate of drug-likeness (QED) is 0.399. The molecule has 0 aromatic heterocycles. The number of hydrogen-bond donors (Lipinski definition) is 1. The van der Waals surface area contributed by atoms with Gasteiger partial charge in [0, 0.05) is 6.54 Å². The molecule has 114 valence electrons. The Morgan fingerprint density at radius 2 is 1.26 bits per heavy atom. The van der Waals surface area contributed by atoms with Crippen molar-refractivity contribution >= 4 is 0 Å². The highest BCUT2D eigenvalue weighted by atomic mass is 14.9. The van der Waals surface area contributed by atoms with E-state index in [2.05, 4.69) is 19.2 Å². The van der Waals surface area contributed by atoms with E-state index in [4.69, 9.17) is 0 Å². The van der Waals surface area contributed by atoms with Gasteiger partial charge in [0.15, 0.2) is 0 Å². The molecule has 1 N–H and O–H groups in total. The molecule has 0 amide bonds. The Bertz CT molecular complexity index is 196. The molecular formula is C18H37N. The van der Waals surface area contributed by atoms with Crippen LogP contribution in [0.3, 0.4) is 0 Å². The third-order valence-electron chi connectivity index (χ3n) is 4.91. The first-order chi connectivity index (χ1) is 9.33. The molecule has 0 unspecified atom stereocenters. The normalized spacial score (nSPS) is 16.7. The van der Waals surface area contributed by atoms with Crippen LogP contribution < -0.4 is 5.32 Å². The van der Waals surface area contributed by atoms with Gasteiger partial charge in [0.1, 0.15) is 0 Å². The van der Waals surface area contributed by atoms with E-state index >= 15 is 0 Å².